The summed E-state index contributed by atoms with van der Waals surface area (Å²) in [4.78, 5) is 17.2. The molecule has 3 rings (SSSR count). The van der Waals surface area contributed by atoms with E-state index in [1.54, 1.807) is 7.11 Å². The molecule has 1 aliphatic heterocycles. The third-order valence-corrected chi connectivity index (χ3v) is 5.63. The summed E-state index contributed by atoms with van der Waals surface area (Å²) < 4.78 is 5.88. The van der Waals surface area contributed by atoms with E-state index in [0.717, 1.165) is 25.2 Å². The van der Waals surface area contributed by atoms with Gasteiger partial charge in [-0.15, -0.1) is 0 Å². The molecule has 1 unspecified atom stereocenters. The summed E-state index contributed by atoms with van der Waals surface area (Å²) in [6.45, 7) is 5.93. The topological polar surface area (TPSA) is 32.8 Å². The number of hydrogen-bond donors (Lipinski definition) is 0. The Morgan fingerprint density at radius 1 is 1.15 bits per heavy atom. The van der Waals surface area contributed by atoms with Gasteiger partial charge in [0.05, 0.1) is 12.1 Å². The number of carbonyl (C=O) groups is 1. The van der Waals surface area contributed by atoms with Crippen LogP contribution in [0.2, 0.25) is 0 Å². The van der Waals surface area contributed by atoms with E-state index in [0.29, 0.717) is 12.5 Å². The molecule has 1 aliphatic rings. The highest BCUT2D eigenvalue weighted by atomic mass is 16.5. The van der Waals surface area contributed by atoms with Crippen molar-refractivity contribution in [3.8, 4) is 0 Å². The summed E-state index contributed by atoms with van der Waals surface area (Å²) >= 11 is 0. The fourth-order valence-corrected chi connectivity index (χ4v) is 4.03. The first-order valence-corrected chi connectivity index (χ1v) is 9.84. The van der Waals surface area contributed by atoms with E-state index < -0.39 is 0 Å². The molecule has 27 heavy (non-hydrogen) atoms. The zero-order valence-corrected chi connectivity index (χ0v) is 16.5. The Morgan fingerprint density at radius 3 is 2.37 bits per heavy atom. The first-order chi connectivity index (χ1) is 13.2. The number of rotatable bonds is 6. The van der Waals surface area contributed by atoms with Crippen LogP contribution in [0, 0.1) is 0 Å². The van der Waals surface area contributed by atoms with Crippen LogP contribution in [-0.4, -0.2) is 43.2 Å². The van der Waals surface area contributed by atoms with Crippen LogP contribution in [0.5, 0.6) is 0 Å². The van der Waals surface area contributed by atoms with Crippen LogP contribution < -0.4 is 4.90 Å². The molecule has 3 atom stereocenters. The summed E-state index contributed by atoms with van der Waals surface area (Å²) in [7, 11) is 1.76. The first-order valence-electron chi connectivity index (χ1n) is 9.84. The summed E-state index contributed by atoms with van der Waals surface area (Å²) in [5.41, 5.74) is 2.27. The molecule has 1 amide bonds. The second kappa shape index (κ2) is 9.16. The number of anilines is 1. The van der Waals surface area contributed by atoms with Crippen molar-refractivity contribution < 1.29 is 9.53 Å². The van der Waals surface area contributed by atoms with Gasteiger partial charge in [-0.3, -0.25) is 9.69 Å². The van der Waals surface area contributed by atoms with Gasteiger partial charge in [0, 0.05) is 38.3 Å². The van der Waals surface area contributed by atoms with Gasteiger partial charge in [0.25, 0.3) is 0 Å². The Hall–Kier alpha value is -2.17. The Labute approximate surface area is 162 Å². The number of likely N-dealkylation sites (tertiary alicyclic amines) is 1. The van der Waals surface area contributed by atoms with Gasteiger partial charge in [-0.1, -0.05) is 55.5 Å². The van der Waals surface area contributed by atoms with Crippen molar-refractivity contribution in [3.05, 3.63) is 66.2 Å². The number of para-hydroxylation sites is 1. The fraction of sp³-hybridized carbons (Fsp3) is 0.435. The smallest absolute Gasteiger partial charge is 0.227 e. The maximum absolute atomic E-state index is 12.8. The Morgan fingerprint density at radius 2 is 1.78 bits per heavy atom. The molecule has 0 aliphatic carbocycles. The van der Waals surface area contributed by atoms with E-state index in [9.17, 15) is 4.79 Å². The zero-order valence-electron chi connectivity index (χ0n) is 16.5. The average molecular weight is 367 g/mol. The van der Waals surface area contributed by atoms with Gasteiger partial charge in [0.1, 0.15) is 0 Å². The lowest BCUT2D eigenvalue weighted by atomic mass is 9.95. The van der Waals surface area contributed by atoms with Gasteiger partial charge in [-0.25, -0.2) is 0 Å². The fourth-order valence-electron chi connectivity index (χ4n) is 4.03. The quantitative estimate of drug-likeness (QED) is 0.765. The van der Waals surface area contributed by atoms with E-state index >= 15 is 0 Å². The normalized spacial score (nSPS) is 21.6. The minimum Gasteiger partial charge on any atom is -0.378 e. The average Bonchev–Trinajstić information content (AvgIpc) is 2.74. The second-order valence-electron chi connectivity index (χ2n) is 7.16. The van der Waals surface area contributed by atoms with Crippen molar-refractivity contribution in [2.45, 2.75) is 44.9 Å². The van der Waals surface area contributed by atoms with Crippen molar-refractivity contribution in [2.24, 2.45) is 0 Å². The Kier molecular flexibility index (Phi) is 6.64. The molecule has 2 aromatic carbocycles. The molecule has 144 valence electrons. The molecule has 0 N–H and O–H groups in total. The lowest BCUT2D eigenvalue weighted by Crippen LogP contribution is -2.57. The van der Waals surface area contributed by atoms with Crippen LogP contribution >= 0.6 is 0 Å². The molecular weight excluding hydrogens is 336 g/mol. The van der Waals surface area contributed by atoms with Crippen LogP contribution in [0.3, 0.4) is 0 Å². The van der Waals surface area contributed by atoms with Gasteiger partial charge in [-0.05, 0) is 31.0 Å². The summed E-state index contributed by atoms with van der Waals surface area (Å²) in [6, 6.07) is 20.9. The number of nitrogens with zero attached hydrogens (tertiary/aromatic N) is 2. The molecule has 1 heterocycles. The summed E-state index contributed by atoms with van der Waals surface area (Å²) in [6.07, 6.45) is 1.38. The SMILES string of the molecule is CCC(=O)N(c1ccccc1)[C@H]1CCN(C(C)c2ccccc2)C[C@H]1OC. The minimum absolute atomic E-state index is 0.0133. The third kappa shape index (κ3) is 4.40. The molecule has 4 heteroatoms. The molecular formula is C23H30N2O2. The minimum atomic E-state index is -0.0133. The highest BCUT2D eigenvalue weighted by Gasteiger charge is 2.37. The standard InChI is InChI=1S/C23H30N2O2/c1-4-23(26)25(20-13-9-6-10-14-20)21-15-16-24(17-22(21)27-3)18(2)19-11-7-5-8-12-19/h5-14,18,21-22H,4,15-17H2,1-3H3/t18?,21-,22+/m0/s1. The van der Waals surface area contributed by atoms with Gasteiger partial charge in [0.2, 0.25) is 5.91 Å². The Bertz CT molecular complexity index is 720. The van der Waals surface area contributed by atoms with E-state index in [2.05, 4.69) is 42.2 Å². The first kappa shape index (κ1) is 19.6. The van der Waals surface area contributed by atoms with Crippen molar-refractivity contribution >= 4 is 11.6 Å². The number of amides is 1. The van der Waals surface area contributed by atoms with E-state index in [1.165, 1.54) is 5.56 Å². The molecule has 2 aromatic rings. The largest absolute Gasteiger partial charge is 0.378 e. The van der Waals surface area contributed by atoms with Crippen molar-refractivity contribution in [1.82, 2.24) is 4.90 Å². The number of ether oxygens (including phenoxy) is 1. The van der Waals surface area contributed by atoms with Gasteiger partial charge < -0.3 is 9.64 Å². The Balaban J connectivity index is 1.80. The summed E-state index contributed by atoms with van der Waals surface area (Å²) in [5.74, 6) is 0.151. The number of methoxy groups -OCH3 is 1. The third-order valence-electron chi connectivity index (χ3n) is 5.63. The second-order valence-corrected chi connectivity index (χ2v) is 7.16. The number of piperidine rings is 1. The van der Waals surface area contributed by atoms with Crippen LogP contribution in [0.15, 0.2) is 60.7 Å². The van der Waals surface area contributed by atoms with Gasteiger partial charge in [-0.2, -0.15) is 0 Å². The molecule has 4 nitrogen and oxygen atoms in total. The predicted octanol–water partition coefficient (Wildman–Crippen LogP) is 4.28. The molecule has 0 spiro atoms. The lowest BCUT2D eigenvalue weighted by Gasteiger charge is -2.45. The molecule has 0 aromatic heterocycles. The van der Waals surface area contributed by atoms with Crippen molar-refractivity contribution in [1.29, 1.82) is 0 Å². The zero-order chi connectivity index (χ0) is 19.2. The summed E-state index contributed by atoms with van der Waals surface area (Å²) in [5, 5.41) is 0. The van der Waals surface area contributed by atoms with Crippen LogP contribution in [-0.2, 0) is 9.53 Å². The molecule has 0 radical (unpaired) electrons. The molecule has 1 fully saturated rings. The maximum Gasteiger partial charge on any atom is 0.227 e. The van der Waals surface area contributed by atoms with Gasteiger partial charge >= 0.3 is 0 Å². The lowest BCUT2D eigenvalue weighted by molar-refractivity contribution is -0.120. The van der Waals surface area contributed by atoms with E-state index in [-0.39, 0.29) is 18.1 Å². The predicted molar refractivity (Wildman–Crippen MR) is 110 cm³/mol. The monoisotopic (exact) mass is 366 g/mol. The number of hydrogen-bond acceptors (Lipinski definition) is 3. The van der Waals surface area contributed by atoms with Crippen molar-refractivity contribution in [3.63, 3.8) is 0 Å². The molecule has 0 saturated carbocycles. The number of carbonyl (C=O) groups excluding carboxylic acids is 1. The van der Waals surface area contributed by atoms with Crippen LogP contribution in [0.4, 0.5) is 5.69 Å². The van der Waals surface area contributed by atoms with Gasteiger partial charge in [0.15, 0.2) is 0 Å². The van der Waals surface area contributed by atoms with Crippen LogP contribution in [0.25, 0.3) is 0 Å². The number of benzene rings is 2. The molecule has 0 bridgehead atoms. The van der Waals surface area contributed by atoms with Crippen molar-refractivity contribution in [2.75, 3.05) is 25.1 Å². The van der Waals surface area contributed by atoms with E-state index in [4.69, 9.17) is 4.74 Å². The van der Waals surface area contributed by atoms with Crippen LogP contribution in [0.1, 0.15) is 38.3 Å². The highest BCUT2D eigenvalue weighted by Crippen LogP contribution is 2.30. The highest BCUT2D eigenvalue weighted by molar-refractivity contribution is 5.93. The van der Waals surface area contributed by atoms with E-state index in [1.807, 2.05) is 42.2 Å². The maximum atomic E-state index is 12.8. The molecule has 1 saturated heterocycles.